The van der Waals surface area contributed by atoms with Crippen molar-refractivity contribution in [2.24, 2.45) is 5.92 Å². The molecule has 0 spiro atoms. The molecule has 0 saturated carbocycles. The van der Waals surface area contributed by atoms with Gasteiger partial charge in [0.1, 0.15) is 0 Å². The van der Waals surface area contributed by atoms with Gasteiger partial charge in [0.15, 0.2) is 0 Å². The molecule has 0 bridgehead atoms. The Bertz CT molecular complexity index is 387. The second-order valence-electron chi connectivity index (χ2n) is 4.11. The molecule has 0 amide bonds. The molecule has 0 aliphatic rings. The zero-order valence-electron chi connectivity index (χ0n) is 10.3. The molecular weight excluding hydrogens is 235 g/mol. The molecule has 1 aromatic rings. The van der Waals surface area contributed by atoms with Crippen molar-refractivity contribution in [2.75, 3.05) is 13.2 Å². The maximum absolute atomic E-state index is 12.6. The molecule has 0 aromatic heterocycles. The molecule has 94 valence electrons. The van der Waals surface area contributed by atoms with Crippen LogP contribution < -0.4 is 5.30 Å². The molecule has 0 aliphatic heterocycles. The Hall–Kier alpha value is -0.890. The van der Waals surface area contributed by atoms with E-state index >= 15 is 0 Å². The molecule has 17 heavy (non-hydrogen) atoms. The van der Waals surface area contributed by atoms with Crippen LogP contribution in [0.5, 0.6) is 0 Å². The lowest BCUT2D eigenvalue weighted by Gasteiger charge is -2.19. The molecule has 0 aliphatic carbocycles. The van der Waals surface area contributed by atoms with Gasteiger partial charge in [-0.15, -0.1) is 6.58 Å². The molecule has 0 heterocycles. The highest BCUT2D eigenvalue weighted by molar-refractivity contribution is 7.62. The Morgan fingerprint density at radius 2 is 1.94 bits per heavy atom. The van der Waals surface area contributed by atoms with Crippen LogP contribution >= 0.6 is 7.60 Å². The largest absolute Gasteiger partial charge is 0.361 e. The Labute approximate surface area is 103 Å². The third kappa shape index (κ3) is 4.47. The minimum atomic E-state index is -3.21. The van der Waals surface area contributed by atoms with E-state index in [4.69, 9.17) is 9.05 Å². The lowest BCUT2D eigenvalue weighted by atomic mass is 10.2. The van der Waals surface area contributed by atoms with E-state index in [1.54, 1.807) is 18.2 Å². The van der Waals surface area contributed by atoms with Gasteiger partial charge in [0, 0.05) is 0 Å². The normalized spacial score (nSPS) is 14.5. The molecule has 3 nitrogen and oxygen atoms in total. The molecule has 0 fully saturated rings. The molecule has 0 radical (unpaired) electrons. The van der Waals surface area contributed by atoms with Gasteiger partial charge in [-0.05, 0) is 18.1 Å². The lowest BCUT2D eigenvalue weighted by Crippen LogP contribution is -2.12. The zero-order valence-corrected chi connectivity index (χ0v) is 11.2. The highest BCUT2D eigenvalue weighted by Crippen LogP contribution is 2.47. The van der Waals surface area contributed by atoms with E-state index in [1.165, 1.54) is 0 Å². The van der Waals surface area contributed by atoms with Crippen LogP contribution in [0.1, 0.15) is 13.8 Å². The van der Waals surface area contributed by atoms with E-state index in [1.807, 2.05) is 32.0 Å². The monoisotopic (exact) mass is 254 g/mol. The number of benzene rings is 1. The number of hydrogen-bond acceptors (Lipinski definition) is 3. The average Bonchev–Trinajstić information content (AvgIpc) is 2.35. The summed E-state index contributed by atoms with van der Waals surface area (Å²) in [6.45, 7) is 8.18. The first-order chi connectivity index (χ1) is 8.08. The van der Waals surface area contributed by atoms with Crippen LogP contribution in [0.2, 0.25) is 0 Å². The van der Waals surface area contributed by atoms with Crippen molar-refractivity contribution in [3.05, 3.63) is 43.0 Å². The second kappa shape index (κ2) is 6.75. The maximum Gasteiger partial charge on any atom is 0.361 e. The summed E-state index contributed by atoms with van der Waals surface area (Å²) in [7, 11) is -3.21. The number of rotatable bonds is 7. The minimum Gasteiger partial charge on any atom is -0.305 e. The van der Waals surface area contributed by atoms with Crippen molar-refractivity contribution < 1.29 is 13.6 Å². The van der Waals surface area contributed by atoms with Crippen LogP contribution in [0.3, 0.4) is 0 Å². The summed E-state index contributed by atoms with van der Waals surface area (Å²) in [5, 5.41) is 0.586. The highest BCUT2D eigenvalue weighted by Gasteiger charge is 2.27. The molecule has 1 rings (SSSR count). The van der Waals surface area contributed by atoms with Crippen LogP contribution in [0.4, 0.5) is 0 Å². The van der Waals surface area contributed by atoms with E-state index in [9.17, 15) is 4.57 Å². The first kappa shape index (κ1) is 14.2. The van der Waals surface area contributed by atoms with E-state index in [0.29, 0.717) is 17.8 Å². The zero-order chi connectivity index (χ0) is 12.7. The molecule has 0 N–H and O–H groups in total. The summed E-state index contributed by atoms with van der Waals surface area (Å²) in [5.41, 5.74) is 0. The third-order valence-corrected chi connectivity index (χ3v) is 3.92. The summed E-state index contributed by atoms with van der Waals surface area (Å²) >= 11 is 0. The van der Waals surface area contributed by atoms with E-state index < -0.39 is 7.60 Å². The maximum atomic E-state index is 12.6. The minimum absolute atomic E-state index is 0.213. The van der Waals surface area contributed by atoms with Gasteiger partial charge in [-0.1, -0.05) is 38.1 Å². The van der Waals surface area contributed by atoms with E-state index in [-0.39, 0.29) is 6.61 Å². The quantitative estimate of drug-likeness (QED) is 0.552. The topological polar surface area (TPSA) is 35.5 Å². The van der Waals surface area contributed by atoms with Gasteiger partial charge < -0.3 is 9.05 Å². The Morgan fingerprint density at radius 1 is 1.29 bits per heavy atom. The van der Waals surface area contributed by atoms with Gasteiger partial charge >= 0.3 is 7.60 Å². The van der Waals surface area contributed by atoms with Crippen molar-refractivity contribution in [3.8, 4) is 0 Å². The van der Waals surface area contributed by atoms with E-state index in [0.717, 1.165) is 0 Å². The van der Waals surface area contributed by atoms with Gasteiger partial charge in [-0.3, -0.25) is 4.57 Å². The van der Waals surface area contributed by atoms with Crippen molar-refractivity contribution in [1.29, 1.82) is 0 Å². The Balaban J connectivity index is 2.85. The molecule has 1 atom stereocenters. The summed E-state index contributed by atoms with van der Waals surface area (Å²) in [5.74, 6) is 0.305. The fourth-order valence-electron chi connectivity index (χ4n) is 1.19. The first-order valence-corrected chi connectivity index (χ1v) is 7.18. The van der Waals surface area contributed by atoms with Gasteiger partial charge in [0.05, 0.1) is 18.5 Å². The van der Waals surface area contributed by atoms with E-state index in [2.05, 4.69) is 6.58 Å². The number of hydrogen-bond donors (Lipinski definition) is 0. The van der Waals surface area contributed by atoms with Crippen molar-refractivity contribution >= 4 is 12.9 Å². The first-order valence-electron chi connectivity index (χ1n) is 5.64. The SMILES string of the molecule is C=CCOP(=O)(OCC(C)C)c1ccccc1. The van der Waals surface area contributed by atoms with Crippen molar-refractivity contribution in [1.82, 2.24) is 0 Å². The molecule has 1 aromatic carbocycles. The summed E-state index contributed by atoms with van der Waals surface area (Å²) in [6.07, 6.45) is 1.56. The van der Waals surface area contributed by atoms with Crippen LogP contribution in [0.25, 0.3) is 0 Å². The Kier molecular flexibility index (Phi) is 5.63. The van der Waals surface area contributed by atoms with Crippen LogP contribution in [-0.2, 0) is 13.6 Å². The fraction of sp³-hybridized carbons (Fsp3) is 0.385. The van der Waals surface area contributed by atoms with Gasteiger partial charge in [-0.25, -0.2) is 0 Å². The molecule has 4 heteroatoms. The Morgan fingerprint density at radius 3 is 2.47 bits per heavy atom. The molecular formula is C13H19O3P. The lowest BCUT2D eigenvalue weighted by molar-refractivity contribution is 0.207. The van der Waals surface area contributed by atoms with Crippen LogP contribution in [-0.4, -0.2) is 13.2 Å². The predicted octanol–water partition coefficient (Wildman–Crippen LogP) is 3.38. The second-order valence-corrected chi connectivity index (χ2v) is 6.13. The summed E-state index contributed by atoms with van der Waals surface area (Å²) in [6, 6.07) is 9.01. The van der Waals surface area contributed by atoms with Gasteiger partial charge in [0.2, 0.25) is 0 Å². The summed E-state index contributed by atoms with van der Waals surface area (Å²) in [4.78, 5) is 0. The summed E-state index contributed by atoms with van der Waals surface area (Å²) < 4.78 is 23.4. The van der Waals surface area contributed by atoms with Crippen LogP contribution in [0, 0.1) is 5.92 Å². The predicted molar refractivity (Wildman–Crippen MR) is 70.6 cm³/mol. The van der Waals surface area contributed by atoms with Gasteiger partial charge in [-0.2, -0.15) is 0 Å². The third-order valence-electron chi connectivity index (χ3n) is 2.01. The van der Waals surface area contributed by atoms with Crippen LogP contribution in [0.15, 0.2) is 43.0 Å². The average molecular weight is 254 g/mol. The molecule has 0 saturated heterocycles. The smallest absolute Gasteiger partial charge is 0.305 e. The highest BCUT2D eigenvalue weighted by atomic mass is 31.2. The van der Waals surface area contributed by atoms with Gasteiger partial charge in [0.25, 0.3) is 0 Å². The molecule has 1 unspecified atom stereocenters. The fourth-order valence-corrected chi connectivity index (χ4v) is 2.90. The standard InChI is InChI=1S/C13H19O3P/c1-4-10-15-17(14,16-11-12(2)3)13-8-6-5-7-9-13/h4-9,12H,1,10-11H2,2-3H3. The van der Waals surface area contributed by atoms with Crippen molar-refractivity contribution in [3.63, 3.8) is 0 Å². The van der Waals surface area contributed by atoms with Crippen molar-refractivity contribution in [2.45, 2.75) is 13.8 Å².